The fourth-order valence-corrected chi connectivity index (χ4v) is 3.12. The minimum absolute atomic E-state index is 0.218. The molecule has 8 heteroatoms. The molecule has 0 unspecified atom stereocenters. The minimum atomic E-state index is -0.264. The van der Waals surface area contributed by atoms with E-state index in [0.29, 0.717) is 22.9 Å². The predicted molar refractivity (Wildman–Crippen MR) is 112 cm³/mol. The second-order valence-electron chi connectivity index (χ2n) is 5.90. The Morgan fingerprint density at radius 1 is 1.14 bits per heavy atom. The lowest BCUT2D eigenvalue weighted by atomic mass is 10.3. The highest BCUT2D eigenvalue weighted by atomic mass is 32.1. The van der Waals surface area contributed by atoms with E-state index in [2.05, 4.69) is 25.6 Å². The van der Waals surface area contributed by atoms with Gasteiger partial charge in [-0.1, -0.05) is 18.2 Å². The van der Waals surface area contributed by atoms with Gasteiger partial charge in [0.25, 0.3) is 11.9 Å². The van der Waals surface area contributed by atoms with Crippen molar-refractivity contribution in [1.29, 1.82) is 0 Å². The number of aliphatic imine (C=N–C) groups is 1. The van der Waals surface area contributed by atoms with E-state index in [1.165, 1.54) is 11.3 Å². The zero-order chi connectivity index (χ0) is 19.9. The normalized spacial score (nSPS) is 11.2. The molecule has 0 radical (unpaired) electrons. The molecule has 0 aliphatic rings. The van der Waals surface area contributed by atoms with Crippen LogP contribution in [0.15, 0.2) is 52.8 Å². The maximum absolute atomic E-state index is 12.5. The smallest absolute Gasteiger partial charge is 0.268 e. The van der Waals surface area contributed by atoms with Crippen molar-refractivity contribution in [1.82, 2.24) is 15.3 Å². The molecule has 0 fully saturated rings. The summed E-state index contributed by atoms with van der Waals surface area (Å²) in [6.07, 6.45) is 0. The van der Waals surface area contributed by atoms with Gasteiger partial charge in [-0.25, -0.2) is 9.97 Å². The van der Waals surface area contributed by atoms with Crippen molar-refractivity contribution in [2.45, 2.75) is 20.8 Å². The number of hydrogen-bond acceptors (Lipinski definition) is 6. The molecule has 0 aliphatic heterocycles. The highest BCUT2D eigenvalue weighted by molar-refractivity contribution is 7.12. The molecule has 28 heavy (non-hydrogen) atoms. The average Bonchev–Trinajstić information content (AvgIpc) is 3.17. The highest BCUT2D eigenvalue weighted by Crippen LogP contribution is 2.24. The van der Waals surface area contributed by atoms with E-state index in [0.717, 1.165) is 11.4 Å². The number of para-hydroxylation sites is 2. The molecule has 7 nitrogen and oxygen atoms in total. The topological polar surface area (TPSA) is 88.5 Å². The Morgan fingerprint density at radius 2 is 1.89 bits per heavy atom. The van der Waals surface area contributed by atoms with Gasteiger partial charge in [-0.05, 0) is 50.4 Å². The van der Waals surface area contributed by atoms with Crippen molar-refractivity contribution in [3.8, 4) is 5.75 Å². The van der Waals surface area contributed by atoms with Crippen molar-refractivity contribution in [3.05, 3.63) is 64.1 Å². The Hall–Kier alpha value is -3.26. The van der Waals surface area contributed by atoms with Crippen LogP contribution >= 0.6 is 11.3 Å². The Bertz CT molecular complexity index is 966. The van der Waals surface area contributed by atoms with Gasteiger partial charge >= 0.3 is 0 Å². The average molecular weight is 395 g/mol. The number of carbonyl (C=O) groups excluding carboxylic acids is 1. The maximum Gasteiger partial charge on any atom is 0.268 e. The first-order valence-electron chi connectivity index (χ1n) is 8.80. The molecule has 0 saturated carbocycles. The number of ether oxygens (including phenoxy) is 1. The molecule has 2 aromatic heterocycles. The number of rotatable bonds is 5. The maximum atomic E-state index is 12.5. The molecule has 1 aromatic carbocycles. The van der Waals surface area contributed by atoms with E-state index in [1.807, 2.05) is 62.5 Å². The third-order valence-corrected chi connectivity index (χ3v) is 4.47. The van der Waals surface area contributed by atoms with E-state index in [-0.39, 0.29) is 17.8 Å². The zero-order valence-electron chi connectivity index (χ0n) is 15.9. The lowest BCUT2D eigenvalue weighted by molar-refractivity contribution is 0.0981. The zero-order valence-corrected chi connectivity index (χ0v) is 16.7. The molecule has 2 N–H and O–H groups in total. The number of guanidine groups is 1. The van der Waals surface area contributed by atoms with E-state index in [4.69, 9.17) is 4.74 Å². The van der Waals surface area contributed by atoms with Crippen LogP contribution in [-0.4, -0.2) is 28.4 Å². The van der Waals surface area contributed by atoms with Crippen LogP contribution < -0.4 is 15.4 Å². The van der Waals surface area contributed by atoms with Crippen LogP contribution in [0.4, 0.5) is 11.6 Å². The quantitative estimate of drug-likeness (QED) is 0.502. The van der Waals surface area contributed by atoms with Gasteiger partial charge in [0.2, 0.25) is 5.96 Å². The lowest BCUT2D eigenvalue weighted by Gasteiger charge is -2.14. The van der Waals surface area contributed by atoms with Crippen molar-refractivity contribution < 1.29 is 9.53 Å². The van der Waals surface area contributed by atoms with Crippen LogP contribution in [0.2, 0.25) is 0 Å². The number of hydrogen-bond donors (Lipinski definition) is 2. The molecule has 2 heterocycles. The molecule has 3 rings (SSSR count). The van der Waals surface area contributed by atoms with Crippen LogP contribution in [0.25, 0.3) is 0 Å². The molecule has 3 aromatic rings. The first-order chi connectivity index (χ1) is 13.5. The largest absolute Gasteiger partial charge is 0.492 e. The summed E-state index contributed by atoms with van der Waals surface area (Å²) in [5.74, 6) is 0.875. The first kappa shape index (κ1) is 19.5. The Kier molecular flexibility index (Phi) is 6.33. The van der Waals surface area contributed by atoms with E-state index in [1.54, 1.807) is 6.07 Å². The molecule has 0 saturated heterocycles. The molecule has 0 atom stereocenters. The molecule has 144 valence electrons. The van der Waals surface area contributed by atoms with Gasteiger partial charge in [0.15, 0.2) is 0 Å². The predicted octanol–water partition coefficient (Wildman–Crippen LogP) is 4.08. The van der Waals surface area contributed by atoms with Crippen molar-refractivity contribution in [2.75, 3.05) is 11.9 Å². The van der Waals surface area contributed by atoms with Crippen LogP contribution in [0.5, 0.6) is 5.75 Å². The number of anilines is 1. The van der Waals surface area contributed by atoms with Gasteiger partial charge < -0.3 is 10.1 Å². The van der Waals surface area contributed by atoms with E-state index >= 15 is 0 Å². The fourth-order valence-electron chi connectivity index (χ4n) is 2.50. The van der Waals surface area contributed by atoms with Gasteiger partial charge in [-0.15, -0.1) is 11.3 Å². The van der Waals surface area contributed by atoms with Gasteiger partial charge in [0, 0.05) is 11.4 Å². The molecule has 0 bridgehead atoms. The summed E-state index contributed by atoms with van der Waals surface area (Å²) >= 11 is 1.35. The lowest BCUT2D eigenvalue weighted by Crippen LogP contribution is -2.35. The Morgan fingerprint density at radius 3 is 2.57 bits per heavy atom. The van der Waals surface area contributed by atoms with Crippen molar-refractivity contribution >= 4 is 34.8 Å². The number of nitrogens with zero attached hydrogens (tertiary/aromatic N) is 3. The first-order valence-corrected chi connectivity index (χ1v) is 9.68. The van der Waals surface area contributed by atoms with Crippen LogP contribution in [-0.2, 0) is 0 Å². The summed E-state index contributed by atoms with van der Waals surface area (Å²) in [7, 11) is 0. The Balaban J connectivity index is 1.94. The van der Waals surface area contributed by atoms with E-state index < -0.39 is 0 Å². The number of carbonyl (C=O) groups is 1. The number of thiophene rings is 1. The second-order valence-corrected chi connectivity index (χ2v) is 6.84. The number of amides is 1. The summed E-state index contributed by atoms with van der Waals surface area (Å²) in [5.41, 5.74) is 2.27. The van der Waals surface area contributed by atoms with Crippen LogP contribution in [0, 0.1) is 13.8 Å². The van der Waals surface area contributed by atoms with Crippen molar-refractivity contribution in [2.24, 2.45) is 4.99 Å². The standard InChI is InChI=1S/C20H21N5O2S/c1-4-27-16-9-6-5-8-15(16)23-20(24-18(26)17-10-7-11-28-17)25-19-21-13(2)12-14(3)22-19/h5-12H,4H2,1-3H3,(H2,21,22,23,24,25,26). The van der Waals surface area contributed by atoms with Gasteiger partial charge in [0.05, 0.1) is 17.2 Å². The number of benzene rings is 1. The summed E-state index contributed by atoms with van der Waals surface area (Å²) in [6.45, 7) is 6.17. The molecule has 0 aliphatic carbocycles. The molecular weight excluding hydrogens is 374 g/mol. The molecule has 1 amide bonds. The SMILES string of the molecule is CCOc1ccccc1N/C(=N/c1nc(C)cc(C)n1)NC(=O)c1cccs1. The summed E-state index contributed by atoms with van der Waals surface area (Å²) in [5, 5.41) is 7.77. The van der Waals surface area contributed by atoms with Crippen molar-refractivity contribution in [3.63, 3.8) is 0 Å². The third-order valence-electron chi connectivity index (χ3n) is 3.60. The van der Waals surface area contributed by atoms with Crippen LogP contribution in [0.1, 0.15) is 28.0 Å². The summed E-state index contributed by atoms with van der Waals surface area (Å²) in [4.78, 5) is 26.2. The Labute approximate surface area is 167 Å². The van der Waals surface area contributed by atoms with Gasteiger partial charge in [-0.2, -0.15) is 4.99 Å². The number of nitrogens with one attached hydrogen (secondary N) is 2. The second kappa shape index (κ2) is 9.09. The number of aryl methyl sites for hydroxylation is 2. The summed E-state index contributed by atoms with van der Waals surface area (Å²) < 4.78 is 5.64. The minimum Gasteiger partial charge on any atom is -0.492 e. The van der Waals surface area contributed by atoms with E-state index in [9.17, 15) is 4.79 Å². The van der Waals surface area contributed by atoms with Crippen LogP contribution in [0.3, 0.4) is 0 Å². The molecular formula is C20H21N5O2S. The fraction of sp³-hybridized carbons (Fsp3) is 0.200. The molecule has 0 spiro atoms. The van der Waals surface area contributed by atoms with Gasteiger partial charge in [0.1, 0.15) is 5.75 Å². The third kappa shape index (κ3) is 5.14. The summed E-state index contributed by atoms with van der Waals surface area (Å²) in [6, 6.07) is 12.9. The highest BCUT2D eigenvalue weighted by Gasteiger charge is 2.13. The number of aromatic nitrogens is 2. The van der Waals surface area contributed by atoms with Gasteiger partial charge in [-0.3, -0.25) is 10.1 Å². The monoisotopic (exact) mass is 395 g/mol.